The van der Waals surface area contributed by atoms with Gasteiger partial charge in [0.2, 0.25) is 0 Å². The monoisotopic (exact) mass is 544 g/mol. The van der Waals surface area contributed by atoms with E-state index in [4.69, 9.17) is 0 Å². The first-order chi connectivity index (χ1) is 17.1. The Morgan fingerprint density at radius 1 is 1.08 bits per heavy atom. The van der Waals surface area contributed by atoms with Crippen molar-refractivity contribution in [3.8, 4) is 0 Å². The summed E-state index contributed by atoms with van der Waals surface area (Å²) >= 11 is 1.05. The van der Waals surface area contributed by atoms with Gasteiger partial charge in [-0.2, -0.15) is 13.2 Å². The van der Waals surface area contributed by atoms with Crippen molar-refractivity contribution in [1.82, 2.24) is 0 Å². The van der Waals surface area contributed by atoms with E-state index in [9.17, 15) is 32.7 Å². The van der Waals surface area contributed by atoms with Crippen molar-refractivity contribution in [3.05, 3.63) is 11.6 Å². The zero-order valence-electron chi connectivity index (χ0n) is 23.1. The molecule has 2 saturated carbocycles. The minimum absolute atomic E-state index is 0.0284. The fourth-order valence-electron chi connectivity index (χ4n) is 9.07. The zero-order chi connectivity index (χ0) is 28.0. The van der Waals surface area contributed by atoms with Crippen LogP contribution in [0.25, 0.3) is 0 Å². The van der Waals surface area contributed by atoms with Gasteiger partial charge in [0, 0.05) is 11.7 Å². The predicted octanol–water partition coefficient (Wildman–Crippen LogP) is 8.00. The molecule has 3 aliphatic carbocycles. The maximum atomic E-state index is 14.5. The Kier molecular flexibility index (Phi) is 8.45. The summed E-state index contributed by atoms with van der Waals surface area (Å²) in [7, 11) is 0. The fraction of sp³-hybridized carbons (Fsp3) is 0.828. The molecule has 0 saturated heterocycles. The second-order valence-electron chi connectivity index (χ2n) is 12.1. The molecule has 2 fully saturated rings. The summed E-state index contributed by atoms with van der Waals surface area (Å²) in [6.45, 7) is 11.0. The lowest BCUT2D eigenvalue weighted by Crippen LogP contribution is -2.68. The number of ketones is 1. The van der Waals surface area contributed by atoms with Gasteiger partial charge in [-0.15, -0.1) is 0 Å². The van der Waals surface area contributed by atoms with Crippen LogP contribution < -0.4 is 0 Å². The normalized spacial score (nSPS) is 37.5. The molecule has 3 aliphatic rings. The maximum absolute atomic E-state index is 14.5. The molecule has 37 heavy (non-hydrogen) atoms. The van der Waals surface area contributed by atoms with Crippen LogP contribution in [0.5, 0.6) is 0 Å². The number of alkyl halides is 3. The van der Waals surface area contributed by atoms with Gasteiger partial charge in [-0.05, 0) is 92.4 Å². The highest BCUT2D eigenvalue weighted by molar-refractivity contribution is 8.14. The third-order valence-corrected chi connectivity index (χ3v) is 12.6. The van der Waals surface area contributed by atoms with E-state index in [2.05, 4.69) is 0 Å². The van der Waals surface area contributed by atoms with E-state index in [1.54, 1.807) is 0 Å². The molecule has 0 aliphatic heterocycles. The second kappa shape index (κ2) is 10.3. The van der Waals surface area contributed by atoms with Gasteiger partial charge in [0.1, 0.15) is 0 Å². The molecule has 6 unspecified atom stereocenters. The summed E-state index contributed by atoms with van der Waals surface area (Å²) < 4.78 is 43.5. The number of hydrogen-bond acceptors (Lipinski definition) is 4. The predicted molar refractivity (Wildman–Crippen MR) is 140 cm³/mol. The van der Waals surface area contributed by atoms with Gasteiger partial charge in [-0.25, -0.2) is 0 Å². The second-order valence-corrected chi connectivity index (χ2v) is 13.4. The minimum atomic E-state index is -4.33. The zero-order valence-corrected chi connectivity index (χ0v) is 23.9. The van der Waals surface area contributed by atoms with Crippen molar-refractivity contribution in [1.29, 1.82) is 0 Å². The molecule has 0 aromatic rings. The first kappa shape index (κ1) is 30.2. The number of Topliss-reactive ketones (excluding diaryl/α,β-unsaturated/α-hetero) is 1. The van der Waals surface area contributed by atoms with Gasteiger partial charge in [-0.3, -0.25) is 14.4 Å². The number of hydrogen-bond donors (Lipinski definition) is 1. The van der Waals surface area contributed by atoms with Crippen molar-refractivity contribution < 1.29 is 32.7 Å². The number of aliphatic carboxylic acids is 1. The number of rotatable bonds is 7. The molecular formula is C29H43F3O4S. The van der Waals surface area contributed by atoms with Crippen LogP contribution in [-0.4, -0.2) is 33.4 Å². The standard InChI is InChI=1S/C29H43F3O4S/c1-7-10-23(34)37-22-17-19(18(4)33)11-12-20-25(5)14-13-21(29(30,31)32)27(8-2,9-3)26(25,6)15-16-28(20,22)24(35)36/h11,20-22H,7-10,12-17H2,1-6H3,(H,35,36). The van der Waals surface area contributed by atoms with Crippen LogP contribution in [0.15, 0.2) is 11.6 Å². The Labute approximate surface area is 223 Å². The lowest BCUT2D eigenvalue weighted by Gasteiger charge is -2.71. The molecule has 0 spiro atoms. The van der Waals surface area contributed by atoms with Gasteiger partial charge < -0.3 is 5.11 Å². The van der Waals surface area contributed by atoms with E-state index in [1.807, 2.05) is 40.7 Å². The summed E-state index contributed by atoms with van der Waals surface area (Å²) in [6.07, 6.45) is 0.543. The maximum Gasteiger partial charge on any atom is 0.392 e. The molecule has 0 aromatic carbocycles. The number of fused-ring (bicyclic) bond motifs is 3. The number of allylic oxidation sites excluding steroid dienone is 2. The van der Waals surface area contributed by atoms with Gasteiger partial charge in [0.05, 0.1) is 11.3 Å². The highest BCUT2D eigenvalue weighted by atomic mass is 32.2. The van der Waals surface area contributed by atoms with Gasteiger partial charge in [0.15, 0.2) is 10.9 Å². The van der Waals surface area contributed by atoms with E-state index >= 15 is 0 Å². The highest BCUT2D eigenvalue weighted by Crippen LogP contribution is 2.77. The molecule has 6 atom stereocenters. The Morgan fingerprint density at radius 3 is 2.19 bits per heavy atom. The molecule has 210 valence electrons. The van der Waals surface area contributed by atoms with Crippen LogP contribution in [0.3, 0.4) is 0 Å². The van der Waals surface area contributed by atoms with Crippen LogP contribution in [0.4, 0.5) is 13.2 Å². The first-order valence-corrected chi connectivity index (χ1v) is 14.7. The van der Waals surface area contributed by atoms with Gasteiger partial charge >= 0.3 is 12.1 Å². The molecule has 3 rings (SSSR count). The third-order valence-electron chi connectivity index (χ3n) is 11.2. The summed E-state index contributed by atoms with van der Waals surface area (Å²) in [5.41, 5.74) is -3.23. The molecule has 0 aromatic heterocycles. The van der Waals surface area contributed by atoms with Crippen molar-refractivity contribution in [2.24, 2.45) is 33.5 Å². The average molecular weight is 545 g/mol. The SMILES string of the molecule is CCCC(=O)SC1CC(C(C)=O)=CCC2C1(C(=O)O)CCC1(C)C2(C)CCC(C(F)(F)F)C1(CC)CC. The lowest BCUT2D eigenvalue weighted by atomic mass is 9.33. The van der Waals surface area contributed by atoms with Crippen molar-refractivity contribution in [3.63, 3.8) is 0 Å². The summed E-state index contributed by atoms with van der Waals surface area (Å²) in [6, 6.07) is 0. The molecule has 1 N–H and O–H groups in total. The highest BCUT2D eigenvalue weighted by Gasteiger charge is 2.74. The molecule has 0 heterocycles. The number of carboxylic acid groups (broad SMARTS) is 1. The van der Waals surface area contributed by atoms with E-state index in [0.29, 0.717) is 44.1 Å². The Balaban J connectivity index is 2.26. The number of halogens is 3. The molecule has 8 heteroatoms. The van der Waals surface area contributed by atoms with Gasteiger partial charge in [-0.1, -0.05) is 52.5 Å². The molecular weight excluding hydrogens is 501 g/mol. The number of carbonyl (C=O) groups is 3. The van der Waals surface area contributed by atoms with Crippen LogP contribution in [0.1, 0.15) is 106 Å². The van der Waals surface area contributed by atoms with Crippen LogP contribution in [0, 0.1) is 33.5 Å². The van der Waals surface area contributed by atoms with Crippen LogP contribution in [0.2, 0.25) is 0 Å². The third kappa shape index (κ3) is 4.41. The average Bonchev–Trinajstić information content (AvgIpc) is 2.97. The minimum Gasteiger partial charge on any atom is -0.481 e. The Hall–Kier alpha value is -1.31. The van der Waals surface area contributed by atoms with Gasteiger partial charge in [0.25, 0.3) is 0 Å². The van der Waals surface area contributed by atoms with E-state index < -0.39 is 50.9 Å². The molecule has 0 amide bonds. The fourth-order valence-corrected chi connectivity index (χ4v) is 10.6. The number of carboxylic acids is 1. The van der Waals surface area contributed by atoms with Crippen molar-refractivity contribution in [2.45, 2.75) is 117 Å². The summed E-state index contributed by atoms with van der Waals surface area (Å²) in [4.78, 5) is 38.7. The lowest BCUT2D eigenvalue weighted by molar-refractivity contribution is -0.295. The van der Waals surface area contributed by atoms with Crippen molar-refractivity contribution >= 4 is 28.6 Å². The van der Waals surface area contributed by atoms with Crippen LogP contribution in [-0.2, 0) is 14.4 Å². The quantitative estimate of drug-likeness (QED) is 0.352. The van der Waals surface area contributed by atoms with E-state index in [-0.39, 0.29) is 36.6 Å². The molecule has 4 nitrogen and oxygen atoms in total. The molecule has 0 bridgehead atoms. The van der Waals surface area contributed by atoms with E-state index in [1.165, 1.54) is 6.92 Å². The Bertz CT molecular complexity index is 955. The first-order valence-electron chi connectivity index (χ1n) is 13.8. The number of thioether (sulfide) groups is 1. The largest absolute Gasteiger partial charge is 0.481 e. The molecule has 0 radical (unpaired) electrons. The Morgan fingerprint density at radius 2 is 1.70 bits per heavy atom. The van der Waals surface area contributed by atoms with E-state index in [0.717, 1.165) is 11.8 Å². The summed E-state index contributed by atoms with van der Waals surface area (Å²) in [5, 5.41) is 10.2. The summed E-state index contributed by atoms with van der Waals surface area (Å²) in [5.74, 6) is -3.04. The van der Waals surface area contributed by atoms with Crippen molar-refractivity contribution in [2.75, 3.05) is 0 Å². The topological polar surface area (TPSA) is 71.4 Å². The smallest absolute Gasteiger partial charge is 0.392 e. The van der Waals surface area contributed by atoms with Crippen LogP contribution >= 0.6 is 11.8 Å². The number of carbonyl (C=O) groups excluding carboxylic acids is 2.